The van der Waals surface area contributed by atoms with E-state index in [1.165, 1.54) is 6.42 Å². The van der Waals surface area contributed by atoms with E-state index in [1.807, 2.05) is 0 Å². The Morgan fingerprint density at radius 1 is 1.44 bits per heavy atom. The molecule has 3 atom stereocenters. The Hall–Kier alpha value is 0.310. The number of thioether (sulfide) groups is 1. The van der Waals surface area contributed by atoms with Crippen molar-refractivity contribution in [1.29, 1.82) is 0 Å². The van der Waals surface area contributed by atoms with Gasteiger partial charge in [0.15, 0.2) is 0 Å². The van der Waals surface area contributed by atoms with E-state index in [1.54, 1.807) is 11.8 Å². The Bertz CT molecular complexity index is 84.9. The number of rotatable bonds is 0. The van der Waals surface area contributed by atoms with Crippen LogP contribution in [0.15, 0.2) is 0 Å². The molecule has 54 valence electrons. The van der Waals surface area contributed by atoms with Gasteiger partial charge in [-0.05, 0) is 24.0 Å². The van der Waals surface area contributed by atoms with Crippen LogP contribution >= 0.6 is 11.8 Å². The van der Waals surface area contributed by atoms with Gasteiger partial charge in [0.1, 0.15) is 5.44 Å². The summed E-state index contributed by atoms with van der Waals surface area (Å²) in [5.74, 6) is 2.33. The first-order valence-corrected chi connectivity index (χ1v) is 4.56. The molecule has 1 aliphatic rings. The molecule has 3 unspecified atom stereocenters. The van der Waals surface area contributed by atoms with Gasteiger partial charge in [-0.3, -0.25) is 0 Å². The normalized spacial score (nSPS) is 45.0. The largest absolute Gasteiger partial charge is 0.382 e. The highest BCUT2D eigenvalue weighted by molar-refractivity contribution is 7.99. The molecule has 1 nitrogen and oxygen atoms in total. The molecule has 0 radical (unpaired) electrons. The average Bonchev–Trinajstić information content (AvgIpc) is 1.83. The maximum absolute atomic E-state index is 9.31. The molecule has 1 heterocycles. The van der Waals surface area contributed by atoms with Crippen molar-refractivity contribution in [1.82, 2.24) is 0 Å². The molecule has 0 aliphatic carbocycles. The van der Waals surface area contributed by atoms with Crippen molar-refractivity contribution in [3.8, 4) is 0 Å². The second kappa shape index (κ2) is 2.93. The molecule has 1 saturated heterocycles. The van der Waals surface area contributed by atoms with E-state index in [4.69, 9.17) is 0 Å². The average molecular weight is 146 g/mol. The first-order chi connectivity index (χ1) is 4.22. The SMILES string of the molecule is CC1CCSC(O)C1C. The van der Waals surface area contributed by atoms with Crippen molar-refractivity contribution >= 4 is 11.8 Å². The Balaban J connectivity index is 2.41. The monoisotopic (exact) mass is 146 g/mol. The van der Waals surface area contributed by atoms with E-state index in [0.29, 0.717) is 11.8 Å². The minimum atomic E-state index is -0.103. The zero-order chi connectivity index (χ0) is 6.85. The summed E-state index contributed by atoms with van der Waals surface area (Å²) in [4.78, 5) is 0. The van der Waals surface area contributed by atoms with Crippen molar-refractivity contribution < 1.29 is 5.11 Å². The van der Waals surface area contributed by atoms with E-state index in [9.17, 15) is 5.11 Å². The van der Waals surface area contributed by atoms with Gasteiger partial charge in [-0.25, -0.2) is 0 Å². The lowest BCUT2D eigenvalue weighted by atomic mass is 9.94. The summed E-state index contributed by atoms with van der Waals surface area (Å²) in [6, 6.07) is 0. The summed E-state index contributed by atoms with van der Waals surface area (Å²) < 4.78 is 0. The van der Waals surface area contributed by atoms with Crippen LogP contribution in [0.3, 0.4) is 0 Å². The van der Waals surface area contributed by atoms with Gasteiger partial charge < -0.3 is 5.11 Å². The zero-order valence-corrected chi connectivity index (χ0v) is 6.82. The molecule has 0 saturated carbocycles. The summed E-state index contributed by atoms with van der Waals surface area (Å²) in [6.45, 7) is 4.34. The Kier molecular flexibility index (Phi) is 2.42. The highest BCUT2D eigenvalue weighted by Gasteiger charge is 2.25. The molecule has 2 heteroatoms. The smallest absolute Gasteiger partial charge is 0.102 e. The molecule has 0 aromatic rings. The molecule has 0 amide bonds. The minimum absolute atomic E-state index is 0.103. The Morgan fingerprint density at radius 3 is 2.56 bits per heavy atom. The summed E-state index contributed by atoms with van der Waals surface area (Å²) in [5.41, 5.74) is -0.103. The van der Waals surface area contributed by atoms with Gasteiger partial charge in [-0.15, -0.1) is 11.8 Å². The van der Waals surface area contributed by atoms with E-state index < -0.39 is 0 Å². The number of hydrogen-bond acceptors (Lipinski definition) is 2. The Morgan fingerprint density at radius 2 is 2.11 bits per heavy atom. The van der Waals surface area contributed by atoms with Crippen molar-refractivity contribution in [3.05, 3.63) is 0 Å². The van der Waals surface area contributed by atoms with Crippen LogP contribution in [0.4, 0.5) is 0 Å². The standard InChI is InChI=1S/C7H14OS/c1-5-3-4-9-7(8)6(5)2/h5-8H,3-4H2,1-2H3. The van der Waals surface area contributed by atoms with Gasteiger partial charge >= 0.3 is 0 Å². The fraction of sp³-hybridized carbons (Fsp3) is 1.00. The van der Waals surface area contributed by atoms with Gasteiger partial charge in [0, 0.05) is 0 Å². The third kappa shape index (κ3) is 1.62. The molecule has 1 N–H and O–H groups in total. The number of aliphatic hydroxyl groups is 1. The summed E-state index contributed by atoms with van der Waals surface area (Å²) in [7, 11) is 0. The Labute approximate surface area is 60.8 Å². The van der Waals surface area contributed by atoms with Gasteiger partial charge in [-0.2, -0.15) is 0 Å². The predicted molar refractivity (Wildman–Crippen MR) is 41.4 cm³/mol. The third-order valence-corrected chi connectivity index (χ3v) is 3.45. The molecule has 1 rings (SSSR count). The number of hydrogen-bond donors (Lipinski definition) is 1. The van der Waals surface area contributed by atoms with Gasteiger partial charge in [0.05, 0.1) is 0 Å². The van der Waals surface area contributed by atoms with Crippen molar-refractivity contribution in [2.45, 2.75) is 25.7 Å². The summed E-state index contributed by atoms with van der Waals surface area (Å²) in [5, 5.41) is 9.31. The number of aliphatic hydroxyl groups excluding tert-OH is 1. The topological polar surface area (TPSA) is 20.2 Å². The molecule has 1 aliphatic heterocycles. The predicted octanol–water partition coefficient (Wildman–Crippen LogP) is 1.71. The van der Waals surface area contributed by atoms with Crippen LogP contribution in [-0.2, 0) is 0 Å². The van der Waals surface area contributed by atoms with Crippen LogP contribution < -0.4 is 0 Å². The van der Waals surface area contributed by atoms with Crippen LogP contribution in [0.2, 0.25) is 0 Å². The van der Waals surface area contributed by atoms with Crippen LogP contribution in [0.1, 0.15) is 20.3 Å². The fourth-order valence-corrected chi connectivity index (χ4v) is 2.39. The van der Waals surface area contributed by atoms with Crippen LogP contribution in [0.25, 0.3) is 0 Å². The van der Waals surface area contributed by atoms with Crippen LogP contribution in [0, 0.1) is 11.8 Å². The molecule has 0 spiro atoms. The minimum Gasteiger partial charge on any atom is -0.382 e. The maximum atomic E-state index is 9.31. The lowest BCUT2D eigenvalue weighted by Crippen LogP contribution is -2.26. The summed E-state index contributed by atoms with van der Waals surface area (Å²) in [6.07, 6.45) is 1.27. The van der Waals surface area contributed by atoms with E-state index in [2.05, 4.69) is 13.8 Å². The summed E-state index contributed by atoms with van der Waals surface area (Å²) >= 11 is 1.69. The van der Waals surface area contributed by atoms with Crippen molar-refractivity contribution in [2.75, 3.05) is 5.75 Å². The maximum Gasteiger partial charge on any atom is 0.102 e. The van der Waals surface area contributed by atoms with Gasteiger partial charge in [-0.1, -0.05) is 13.8 Å². The molecule has 9 heavy (non-hydrogen) atoms. The van der Waals surface area contributed by atoms with E-state index in [0.717, 1.165) is 5.75 Å². The van der Waals surface area contributed by atoms with Crippen LogP contribution in [0.5, 0.6) is 0 Å². The van der Waals surface area contributed by atoms with E-state index >= 15 is 0 Å². The molecule has 0 bridgehead atoms. The van der Waals surface area contributed by atoms with Gasteiger partial charge in [0.2, 0.25) is 0 Å². The molecular weight excluding hydrogens is 132 g/mol. The second-order valence-electron chi connectivity index (χ2n) is 2.89. The lowest BCUT2D eigenvalue weighted by Gasteiger charge is -2.29. The van der Waals surface area contributed by atoms with Crippen molar-refractivity contribution in [2.24, 2.45) is 11.8 Å². The first-order valence-electron chi connectivity index (χ1n) is 3.51. The molecule has 1 fully saturated rings. The van der Waals surface area contributed by atoms with Gasteiger partial charge in [0.25, 0.3) is 0 Å². The quantitative estimate of drug-likeness (QED) is 0.561. The highest BCUT2D eigenvalue weighted by Crippen LogP contribution is 2.32. The van der Waals surface area contributed by atoms with Crippen molar-refractivity contribution in [3.63, 3.8) is 0 Å². The van der Waals surface area contributed by atoms with Crippen LogP contribution in [-0.4, -0.2) is 16.3 Å². The zero-order valence-electron chi connectivity index (χ0n) is 6.00. The first kappa shape index (κ1) is 7.42. The lowest BCUT2D eigenvalue weighted by molar-refractivity contribution is 0.154. The molecule has 0 aromatic carbocycles. The molecular formula is C7H14OS. The van der Waals surface area contributed by atoms with E-state index in [-0.39, 0.29) is 5.44 Å². The molecule has 0 aromatic heterocycles. The fourth-order valence-electron chi connectivity index (χ4n) is 1.07. The second-order valence-corrected chi connectivity index (χ2v) is 4.11. The highest BCUT2D eigenvalue weighted by atomic mass is 32.2. The third-order valence-electron chi connectivity index (χ3n) is 2.21.